The number of nitrogens with zero attached hydrogens (tertiary/aromatic N) is 4. The molecule has 2 N–H and O–H groups in total. The summed E-state index contributed by atoms with van der Waals surface area (Å²) in [5.41, 5.74) is 7.20. The molecule has 3 unspecified atom stereocenters. The first kappa shape index (κ1) is 20.1. The summed E-state index contributed by atoms with van der Waals surface area (Å²) in [5.74, 6) is 2.05. The Kier molecular flexibility index (Phi) is 3.90. The van der Waals surface area contributed by atoms with Gasteiger partial charge in [0, 0.05) is 48.4 Å². The molecule has 5 aliphatic rings. The van der Waals surface area contributed by atoms with Crippen LogP contribution in [0.5, 0.6) is 5.75 Å². The topological polar surface area (TPSA) is 78.4 Å². The van der Waals surface area contributed by atoms with E-state index in [1.807, 2.05) is 6.20 Å². The Labute approximate surface area is 189 Å². The summed E-state index contributed by atoms with van der Waals surface area (Å²) < 4.78 is 50.4. The van der Waals surface area contributed by atoms with Gasteiger partial charge in [-0.2, -0.15) is 0 Å². The Balaban J connectivity index is 1.22. The molecule has 10 heteroatoms. The normalized spacial score (nSPS) is 35.2. The van der Waals surface area contributed by atoms with Gasteiger partial charge in [-0.05, 0) is 37.7 Å². The van der Waals surface area contributed by atoms with Crippen molar-refractivity contribution in [3.05, 3.63) is 24.3 Å². The van der Waals surface area contributed by atoms with Gasteiger partial charge in [0.05, 0.1) is 24.4 Å². The van der Waals surface area contributed by atoms with Gasteiger partial charge in [-0.3, -0.25) is 4.90 Å². The minimum Gasteiger partial charge on any atom is -0.402 e. The standard InChI is InChI=1S/C23H26F3N5O2/c24-23(25,26)33-17-8-14(10-28-19(17)27)16-11-31(20(29-16)13-2-1-3-13)22-12-21(9-15(22)18(21)22)30-4-6-32-7-5-30/h8,10-11,13,15,18H,1-7,9,12H2,(H2,27,28)/t15?,18?,21?,22-/m0/s1. The molecular formula is C23H26F3N5O2. The van der Waals surface area contributed by atoms with Gasteiger partial charge in [0.25, 0.3) is 0 Å². The molecule has 0 amide bonds. The van der Waals surface area contributed by atoms with Crippen molar-refractivity contribution in [1.82, 2.24) is 19.4 Å². The van der Waals surface area contributed by atoms with Crippen molar-refractivity contribution < 1.29 is 22.6 Å². The maximum atomic E-state index is 12.8. The number of aromatic nitrogens is 3. The first-order chi connectivity index (χ1) is 15.8. The molecule has 4 aliphatic carbocycles. The van der Waals surface area contributed by atoms with E-state index < -0.39 is 12.1 Å². The molecule has 4 saturated carbocycles. The molecule has 7 nitrogen and oxygen atoms in total. The summed E-state index contributed by atoms with van der Waals surface area (Å²) in [5, 5.41) is 0. The van der Waals surface area contributed by atoms with Crippen molar-refractivity contribution in [3.8, 4) is 17.0 Å². The van der Waals surface area contributed by atoms with Crippen LogP contribution in [0.4, 0.5) is 19.0 Å². The van der Waals surface area contributed by atoms with Gasteiger partial charge in [0.1, 0.15) is 5.82 Å². The molecule has 0 radical (unpaired) electrons. The van der Waals surface area contributed by atoms with Crippen LogP contribution in [0.3, 0.4) is 0 Å². The van der Waals surface area contributed by atoms with Crippen molar-refractivity contribution in [2.45, 2.75) is 55.5 Å². The second-order valence-electron chi connectivity index (χ2n) is 10.3. The van der Waals surface area contributed by atoms with Gasteiger partial charge >= 0.3 is 6.36 Å². The number of hydrogen-bond donors (Lipinski definition) is 1. The number of fused-ring (bicyclic) bond motifs is 1. The summed E-state index contributed by atoms with van der Waals surface area (Å²) in [7, 11) is 0. The lowest BCUT2D eigenvalue weighted by atomic mass is 9.66. The third-order valence-corrected chi connectivity index (χ3v) is 8.91. The van der Waals surface area contributed by atoms with Crippen LogP contribution in [-0.4, -0.2) is 57.6 Å². The van der Waals surface area contributed by atoms with E-state index in [1.165, 1.54) is 25.1 Å². The number of nitrogens with two attached hydrogens (primary N) is 1. The fourth-order valence-corrected chi connectivity index (χ4v) is 7.25. The van der Waals surface area contributed by atoms with Crippen LogP contribution in [0, 0.1) is 11.8 Å². The molecular weight excluding hydrogens is 435 g/mol. The predicted molar refractivity (Wildman–Crippen MR) is 112 cm³/mol. The van der Waals surface area contributed by atoms with Gasteiger partial charge in [0.2, 0.25) is 0 Å². The summed E-state index contributed by atoms with van der Waals surface area (Å²) in [6.45, 7) is 3.62. The Morgan fingerprint density at radius 1 is 1.21 bits per heavy atom. The highest BCUT2D eigenvalue weighted by atomic mass is 19.4. The third-order valence-electron chi connectivity index (χ3n) is 8.91. The fraction of sp³-hybridized carbons (Fsp3) is 0.652. The lowest BCUT2D eigenvalue weighted by Gasteiger charge is -2.56. The van der Waals surface area contributed by atoms with Crippen molar-refractivity contribution >= 4 is 5.82 Å². The molecule has 1 aliphatic heterocycles. The molecule has 33 heavy (non-hydrogen) atoms. The van der Waals surface area contributed by atoms with Gasteiger partial charge < -0.3 is 19.8 Å². The van der Waals surface area contributed by atoms with Crippen molar-refractivity contribution in [1.29, 1.82) is 0 Å². The molecule has 0 aromatic carbocycles. The van der Waals surface area contributed by atoms with Crippen LogP contribution in [0.15, 0.2) is 18.5 Å². The fourth-order valence-electron chi connectivity index (χ4n) is 7.25. The second-order valence-corrected chi connectivity index (χ2v) is 10.3. The van der Waals surface area contributed by atoms with E-state index in [2.05, 4.69) is 19.2 Å². The van der Waals surface area contributed by atoms with Crippen LogP contribution < -0.4 is 10.5 Å². The molecule has 4 atom stereocenters. The lowest BCUT2D eigenvalue weighted by Crippen LogP contribution is -2.64. The highest BCUT2D eigenvalue weighted by Gasteiger charge is 2.92. The monoisotopic (exact) mass is 461 g/mol. The zero-order valence-corrected chi connectivity index (χ0v) is 18.1. The van der Waals surface area contributed by atoms with Crippen LogP contribution >= 0.6 is 0 Å². The number of alkyl halides is 3. The number of morpholine rings is 1. The molecule has 3 heterocycles. The maximum absolute atomic E-state index is 12.8. The van der Waals surface area contributed by atoms with Gasteiger partial charge in [-0.25, -0.2) is 9.97 Å². The second kappa shape index (κ2) is 6.41. The van der Waals surface area contributed by atoms with E-state index >= 15 is 0 Å². The number of pyridine rings is 1. The zero-order valence-electron chi connectivity index (χ0n) is 18.1. The average Bonchev–Trinajstić information content (AvgIpc) is 3.09. The van der Waals surface area contributed by atoms with Crippen molar-refractivity contribution in [2.75, 3.05) is 32.0 Å². The molecule has 5 fully saturated rings. The molecule has 1 saturated heterocycles. The number of hydrogen-bond acceptors (Lipinski definition) is 6. The summed E-state index contributed by atoms with van der Waals surface area (Å²) in [6, 6.07) is 1.30. The molecule has 2 aromatic rings. The first-order valence-electron chi connectivity index (χ1n) is 11.8. The van der Waals surface area contributed by atoms with Crippen LogP contribution in [-0.2, 0) is 10.3 Å². The number of nitrogen functional groups attached to an aromatic ring is 1. The minimum absolute atomic E-state index is 0.126. The lowest BCUT2D eigenvalue weighted by molar-refractivity contribution is -0.274. The predicted octanol–water partition coefficient (Wildman–Crippen LogP) is 3.51. The Bertz CT molecular complexity index is 1130. The van der Waals surface area contributed by atoms with E-state index in [0.717, 1.165) is 51.4 Å². The molecule has 176 valence electrons. The third kappa shape index (κ3) is 2.65. The van der Waals surface area contributed by atoms with Gasteiger partial charge in [-0.1, -0.05) is 6.42 Å². The van der Waals surface area contributed by atoms with E-state index in [4.69, 9.17) is 15.5 Å². The summed E-state index contributed by atoms with van der Waals surface area (Å²) >= 11 is 0. The molecule has 7 rings (SSSR count). The highest BCUT2D eigenvalue weighted by molar-refractivity contribution is 5.64. The minimum atomic E-state index is -4.83. The number of halogens is 3. The van der Waals surface area contributed by atoms with Crippen molar-refractivity contribution in [2.24, 2.45) is 11.8 Å². The van der Waals surface area contributed by atoms with E-state index in [9.17, 15) is 13.2 Å². The SMILES string of the molecule is Nc1ncc(-c2cn([C@@]34CC5(N6CCOCC6)CC3C54)c(C3CCC3)n2)cc1OC(F)(F)F. The Hall–Kier alpha value is -2.33. The largest absolute Gasteiger partial charge is 0.573 e. The summed E-state index contributed by atoms with van der Waals surface area (Å²) in [6.07, 6.45) is 4.46. The quantitative estimate of drug-likeness (QED) is 0.734. The Morgan fingerprint density at radius 3 is 2.67 bits per heavy atom. The Morgan fingerprint density at radius 2 is 2.00 bits per heavy atom. The van der Waals surface area contributed by atoms with Crippen molar-refractivity contribution in [3.63, 3.8) is 0 Å². The van der Waals surface area contributed by atoms with Gasteiger partial charge in [0.15, 0.2) is 11.6 Å². The van der Waals surface area contributed by atoms with Crippen LogP contribution in [0.1, 0.15) is 43.8 Å². The first-order valence-corrected chi connectivity index (χ1v) is 11.8. The molecule has 2 aromatic heterocycles. The highest BCUT2D eigenvalue weighted by Crippen LogP contribution is 2.88. The van der Waals surface area contributed by atoms with E-state index in [-0.39, 0.29) is 11.4 Å². The average molecular weight is 461 g/mol. The maximum Gasteiger partial charge on any atom is 0.573 e. The van der Waals surface area contributed by atoms with Crippen LogP contribution in [0.25, 0.3) is 11.3 Å². The summed E-state index contributed by atoms with van der Waals surface area (Å²) in [4.78, 5) is 11.5. The van der Waals surface area contributed by atoms with Gasteiger partial charge in [-0.15, -0.1) is 13.2 Å². The molecule has 0 bridgehead atoms. The number of ether oxygens (including phenoxy) is 2. The van der Waals surface area contributed by atoms with E-state index in [1.54, 1.807) is 0 Å². The molecule has 0 spiro atoms. The number of anilines is 1. The zero-order chi connectivity index (χ0) is 22.6. The van der Waals surface area contributed by atoms with Crippen LogP contribution in [0.2, 0.25) is 0 Å². The van der Waals surface area contributed by atoms with E-state index in [0.29, 0.717) is 34.6 Å². The number of rotatable bonds is 5. The number of imidazole rings is 1. The smallest absolute Gasteiger partial charge is 0.402 e.